The zero-order valence-corrected chi connectivity index (χ0v) is 11.4. The minimum atomic E-state index is -0.404. The number of hydrogen-bond donors (Lipinski definition) is 0. The summed E-state index contributed by atoms with van der Waals surface area (Å²) in [6.45, 7) is 0.382. The van der Waals surface area contributed by atoms with Crippen LogP contribution in [-0.2, 0) is 19.0 Å². The monoisotopic (exact) mass is 278 g/mol. The maximum Gasteiger partial charge on any atom is 0.306 e. The first-order valence-electron chi connectivity index (χ1n) is 6.87. The van der Waals surface area contributed by atoms with Crippen molar-refractivity contribution in [3.63, 3.8) is 0 Å². The average molecular weight is 278 g/mol. The molecule has 3 rings (SSSR count). The summed E-state index contributed by atoms with van der Waals surface area (Å²) in [6.07, 6.45) is 1.33. The lowest BCUT2D eigenvalue weighted by Crippen LogP contribution is -2.41. The third-order valence-corrected chi connectivity index (χ3v) is 3.67. The molecule has 0 bridgehead atoms. The third kappa shape index (κ3) is 2.78. The highest BCUT2D eigenvalue weighted by atomic mass is 16.7. The maximum atomic E-state index is 11.4. The lowest BCUT2D eigenvalue weighted by atomic mass is 10.1. The van der Waals surface area contributed by atoms with Crippen LogP contribution in [0.25, 0.3) is 0 Å². The second-order valence-electron chi connectivity index (χ2n) is 5.03. The Morgan fingerprint density at radius 1 is 1.20 bits per heavy atom. The molecule has 1 aromatic rings. The van der Waals surface area contributed by atoms with Crippen LogP contribution in [-0.4, -0.2) is 31.9 Å². The summed E-state index contributed by atoms with van der Waals surface area (Å²) in [5, 5.41) is 0. The largest absolute Gasteiger partial charge is 0.497 e. The third-order valence-electron chi connectivity index (χ3n) is 3.67. The van der Waals surface area contributed by atoms with Gasteiger partial charge in [-0.05, 0) is 25.0 Å². The van der Waals surface area contributed by atoms with Crippen molar-refractivity contribution in [2.24, 2.45) is 0 Å². The van der Waals surface area contributed by atoms with E-state index in [2.05, 4.69) is 0 Å². The molecule has 0 N–H and O–H groups in total. The summed E-state index contributed by atoms with van der Waals surface area (Å²) in [6, 6.07) is 7.60. The first kappa shape index (κ1) is 13.4. The van der Waals surface area contributed by atoms with Crippen molar-refractivity contribution in [2.45, 2.75) is 37.8 Å². The van der Waals surface area contributed by atoms with Gasteiger partial charge >= 0.3 is 5.97 Å². The molecule has 108 valence electrons. The molecule has 2 saturated heterocycles. The Hall–Kier alpha value is -1.59. The lowest BCUT2D eigenvalue weighted by Gasteiger charge is -2.35. The van der Waals surface area contributed by atoms with E-state index in [1.165, 1.54) is 0 Å². The van der Waals surface area contributed by atoms with Crippen LogP contribution in [0.3, 0.4) is 0 Å². The summed E-state index contributed by atoms with van der Waals surface area (Å²) < 4.78 is 22.1. The standard InChI is InChI=1S/C15H18O5/c1-17-11-7-5-10(6-8-11)15-18-9-13-12(20-15)3-2-4-14(16)19-13/h5-8,12-13,15H,2-4,9H2,1H3/t12-,13+,15+/m0/s1. The minimum absolute atomic E-state index is 0.0812. The van der Waals surface area contributed by atoms with E-state index in [-0.39, 0.29) is 18.2 Å². The Bertz CT molecular complexity index is 470. The van der Waals surface area contributed by atoms with Gasteiger partial charge in [-0.3, -0.25) is 4.79 Å². The van der Waals surface area contributed by atoms with E-state index in [0.717, 1.165) is 24.2 Å². The van der Waals surface area contributed by atoms with Gasteiger partial charge in [0.25, 0.3) is 0 Å². The number of methoxy groups -OCH3 is 1. The van der Waals surface area contributed by atoms with Gasteiger partial charge in [0.1, 0.15) is 11.9 Å². The van der Waals surface area contributed by atoms with Gasteiger partial charge in [-0.15, -0.1) is 0 Å². The van der Waals surface area contributed by atoms with Crippen molar-refractivity contribution in [2.75, 3.05) is 13.7 Å². The van der Waals surface area contributed by atoms with E-state index in [0.29, 0.717) is 13.0 Å². The zero-order chi connectivity index (χ0) is 13.9. The first-order chi connectivity index (χ1) is 9.76. The smallest absolute Gasteiger partial charge is 0.306 e. The Morgan fingerprint density at radius 2 is 2.00 bits per heavy atom. The molecule has 0 unspecified atom stereocenters. The fourth-order valence-corrected chi connectivity index (χ4v) is 2.55. The highest BCUT2D eigenvalue weighted by Crippen LogP contribution is 2.32. The fraction of sp³-hybridized carbons (Fsp3) is 0.533. The van der Waals surface area contributed by atoms with Gasteiger partial charge in [-0.25, -0.2) is 0 Å². The molecule has 2 heterocycles. The molecular formula is C15H18O5. The molecule has 0 radical (unpaired) electrons. The fourth-order valence-electron chi connectivity index (χ4n) is 2.55. The van der Waals surface area contributed by atoms with Crippen molar-refractivity contribution in [1.82, 2.24) is 0 Å². The number of rotatable bonds is 2. The van der Waals surface area contributed by atoms with Crippen molar-refractivity contribution in [3.05, 3.63) is 29.8 Å². The van der Waals surface area contributed by atoms with E-state index in [1.807, 2.05) is 24.3 Å². The first-order valence-corrected chi connectivity index (χ1v) is 6.87. The predicted octanol–water partition coefficient (Wildman–Crippen LogP) is 2.20. The molecule has 1 aromatic carbocycles. The molecule has 0 amide bonds. The zero-order valence-electron chi connectivity index (χ0n) is 11.4. The highest BCUT2D eigenvalue weighted by Gasteiger charge is 2.36. The molecule has 2 aliphatic heterocycles. The summed E-state index contributed by atoms with van der Waals surface area (Å²) >= 11 is 0. The van der Waals surface area contributed by atoms with Crippen LogP contribution in [0.15, 0.2) is 24.3 Å². The molecule has 0 spiro atoms. The Balaban J connectivity index is 1.69. The Labute approximate surface area is 117 Å². The van der Waals surface area contributed by atoms with Crippen LogP contribution in [0.4, 0.5) is 0 Å². The predicted molar refractivity (Wildman–Crippen MR) is 70.3 cm³/mol. The molecule has 3 atom stereocenters. The van der Waals surface area contributed by atoms with Gasteiger partial charge in [0.05, 0.1) is 13.7 Å². The molecule has 2 fully saturated rings. The number of carbonyl (C=O) groups excluding carboxylic acids is 1. The maximum absolute atomic E-state index is 11.4. The van der Waals surface area contributed by atoms with Gasteiger partial charge in [0.15, 0.2) is 12.4 Å². The summed E-state index contributed by atoms with van der Waals surface area (Å²) in [5.74, 6) is 0.637. The topological polar surface area (TPSA) is 54.0 Å². The minimum Gasteiger partial charge on any atom is -0.497 e. The molecule has 0 saturated carbocycles. The quantitative estimate of drug-likeness (QED) is 0.776. The molecular weight excluding hydrogens is 260 g/mol. The van der Waals surface area contributed by atoms with E-state index < -0.39 is 6.29 Å². The number of esters is 1. The second-order valence-corrected chi connectivity index (χ2v) is 5.03. The highest BCUT2D eigenvalue weighted by molar-refractivity contribution is 5.69. The summed E-state index contributed by atoms with van der Waals surface area (Å²) in [5.41, 5.74) is 0.944. The number of ether oxygens (including phenoxy) is 4. The summed E-state index contributed by atoms with van der Waals surface area (Å²) in [7, 11) is 1.63. The summed E-state index contributed by atoms with van der Waals surface area (Å²) in [4.78, 5) is 11.4. The molecule has 2 aliphatic rings. The number of benzene rings is 1. The van der Waals surface area contributed by atoms with Crippen LogP contribution in [0, 0.1) is 0 Å². The number of fused-ring (bicyclic) bond motifs is 1. The van der Waals surface area contributed by atoms with E-state index in [1.54, 1.807) is 7.11 Å². The van der Waals surface area contributed by atoms with Gasteiger partial charge < -0.3 is 18.9 Å². The van der Waals surface area contributed by atoms with E-state index in [9.17, 15) is 4.79 Å². The van der Waals surface area contributed by atoms with Crippen LogP contribution < -0.4 is 4.74 Å². The molecule has 20 heavy (non-hydrogen) atoms. The van der Waals surface area contributed by atoms with Crippen LogP contribution in [0.2, 0.25) is 0 Å². The molecule has 5 nitrogen and oxygen atoms in total. The Morgan fingerprint density at radius 3 is 2.75 bits per heavy atom. The van der Waals surface area contributed by atoms with Crippen LogP contribution in [0.5, 0.6) is 5.75 Å². The van der Waals surface area contributed by atoms with Gasteiger partial charge in [0, 0.05) is 12.0 Å². The van der Waals surface area contributed by atoms with Gasteiger partial charge in [-0.1, -0.05) is 12.1 Å². The SMILES string of the molecule is COc1ccc([C@@H]2OC[C@H]3OC(=O)CCC[C@@H]3O2)cc1. The van der Waals surface area contributed by atoms with E-state index >= 15 is 0 Å². The Kier molecular flexibility index (Phi) is 3.89. The average Bonchev–Trinajstić information content (AvgIpc) is 2.67. The van der Waals surface area contributed by atoms with Gasteiger partial charge in [-0.2, -0.15) is 0 Å². The number of carbonyl (C=O) groups is 1. The molecule has 5 heteroatoms. The number of hydrogen-bond acceptors (Lipinski definition) is 5. The van der Waals surface area contributed by atoms with Crippen LogP contribution in [0.1, 0.15) is 31.1 Å². The van der Waals surface area contributed by atoms with Gasteiger partial charge in [0.2, 0.25) is 0 Å². The van der Waals surface area contributed by atoms with Crippen molar-refractivity contribution in [3.8, 4) is 5.75 Å². The van der Waals surface area contributed by atoms with Crippen molar-refractivity contribution >= 4 is 5.97 Å². The molecule has 0 aliphatic carbocycles. The van der Waals surface area contributed by atoms with E-state index in [4.69, 9.17) is 18.9 Å². The van der Waals surface area contributed by atoms with Crippen molar-refractivity contribution in [1.29, 1.82) is 0 Å². The van der Waals surface area contributed by atoms with Crippen LogP contribution >= 0.6 is 0 Å². The van der Waals surface area contributed by atoms with Crippen molar-refractivity contribution < 1.29 is 23.7 Å². The lowest BCUT2D eigenvalue weighted by molar-refractivity contribution is -0.260. The molecule has 0 aromatic heterocycles. The second kappa shape index (κ2) is 5.81. The normalized spacial score (nSPS) is 30.1.